The normalized spacial score (nSPS) is 17.3. The summed E-state index contributed by atoms with van der Waals surface area (Å²) in [5.41, 5.74) is 1.30. The molecule has 1 aromatic carbocycles. The number of halogens is 1. The van der Waals surface area contributed by atoms with Crippen molar-refractivity contribution in [2.75, 3.05) is 19.1 Å². The number of urea groups is 1. The van der Waals surface area contributed by atoms with Crippen molar-refractivity contribution in [1.29, 1.82) is 0 Å². The number of para-hydroxylation sites is 1. The van der Waals surface area contributed by atoms with Crippen LogP contribution in [0.15, 0.2) is 35.5 Å². The Morgan fingerprint density at radius 3 is 2.65 bits per heavy atom. The number of amides is 2. The zero-order valence-electron chi connectivity index (χ0n) is 13.0. The van der Waals surface area contributed by atoms with E-state index in [0.717, 1.165) is 0 Å². The van der Waals surface area contributed by atoms with Crippen LogP contribution in [0.1, 0.15) is 25.5 Å². The first-order valence-electron chi connectivity index (χ1n) is 7.37. The third kappa shape index (κ3) is 3.76. The summed E-state index contributed by atoms with van der Waals surface area (Å²) in [6.45, 7) is 4.28. The van der Waals surface area contributed by atoms with Crippen LogP contribution in [0.3, 0.4) is 0 Å². The average molecular weight is 339 g/mol. The predicted molar refractivity (Wildman–Crippen MR) is 86.4 cm³/mol. The van der Waals surface area contributed by atoms with Crippen LogP contribution in [0.4, 0.5) is 4.79 Å². The molecule has 1 unspecified atom stereocenters. The molecule has 0 aromatic heterocycles. The molecule has 0 fully saturated rings. The van der Waals surface area contributed by atoms with Gasteiger partial charge in [-0.25, -0.2) is 9.59 Å². The van der Waals surface area contributed by atoms with Crippen molar-refractivity contribution in [3.05, 3.63) is 41.1 Å². The molecule has 2 amide bonds. The van der Waals surface area contributed by atoms with E-state index in [9.17, 15) is 9.59 Å². The van der Waals surface area contributed by atoms with Crippen molar-refractivity contribution in [2.24, 2.45) is 0 Å². The molecule has 1 aliphatic heterocycles. The third-order valence-electron chi connectivity index (χ3n) is 3.31. The molecule has 7 heteroatoms. The lowest BCUT2D eigenvalue weighted by Crippen LogP contribution is -2.46. The van der Waals surface area contributed by atoms with Gasteiger partial charge in [0.05, 0.1) is 30.7 Å². The summed E-state index contributed by atoms with van der Waals surface area (Å²) in [7, 11) is 0. The Morgan fingerprint density at radius 1 is 1.26 bits per heavy atom. The van der Waals surface area contributed by atoms with Crippen molar-refractivity contribution in [1.82, 2.24) is 10.6 Å². The maximum absolute atomic E-state index is 12.4. The lowest BCUT2D eigenvalue weighted by atomic mass is 9.95. The standard InChI is InChI=1S/C16H19ClN2O4/c1-3-22-12-8-6-5-7-10(12)14-13(15(20)23-4-2)11(9-17)18-16(21)19-14/h5-8,14H,3-4,9H2,1-2H3,(H2,18,19,21). The molecule has 0 saturated carbocycles. The molecule has 6 nitrogen and oxygen atoms in total. The van der Waals surface area contributed by atoms with Crippen LogP contribution in [-0.4, -0.2) is 31.1 Å². The maximum atomic E-state index is 12.4. The largest absolute Gasteiger partial charge is 0.494 e. The molecule has 0 radical (unpaired) electrons. The van der Waals surface area contributed by atoms with Gasteiger partial charge in [-0.2, -0.15) is 0 Å². The molecule has 124 valence electrons. The van der Waals surface area contributed by atoms with Crippen LogP contribution in [0.5, 0.6) is 5.75 Å². The van der Waals surface area contributed by atoms with Crippen molar-refractivity contribution < 1.29 is 19.1 Å². The van der Waals surface area contributed by atoms with Crippen LogP contribution < -0.4 is 15.4 Å². The lowest BCUT2D eigenvalue weighted by Gasteiger charge is -2.29. The molecule has 0 saturated heterocycles. The van der Waals surface area contributed by atoms with E-state index < -0.39 is 18.0 Å². The molecule has 1 atom stereocenters. The fourth-order valence-corrected chi connectivity index (χ4v) is 2.62. The van der Waals surface area contributed by atoms with Gasteiger partial charge in [-0.15, -0.1) is 11.6 Å². The average Bonchev–Trinajstić information content (AvgIpc) is 2.55. The molecule has 0 aliphatic carbocycles. The Labute approximate surface area is 139 Å². The minimum Gasteiger partial charge on any atom is -0.494 e. The van der Waals surface area contributed by atoms with Gasteiger partial charge in [-0.1, -0.05) is 18.2 Å². The van der Waals surface area contributed by atoms with Gasteiger partial charge in [0.15, 0.2) is 0 Å². The van der Waals surface area contributed by atoms with E-state index >= 15 is 0 Å². The number of ether oxygens (including phenoxy) is 2. The number of esters is 1. The Morgan fingerprint density at radius 2 is 2.00 bits per heavy atom. The number of carbonyl (C=O) groups excluding carboxylic acids is 2. The van der Waals surface area contributed by atoms with Gasteiger partial charge >= 0.3 is 12.0 Å². The molecule has 0 bridgehead atoms. The van der Waals surface area contributed by atoms with Crippen molar-refractivity contribution in [2.45, 2.75) is 19.9 Å². The second-order valence-corrected chi connectivity index (χ2v) is 5.02. The molecule has 1 aromatic rings. The molecular weight excluding hydrogens is 320 g/mol. The highest BCUT2D eigenvalue weighted by atomic mass is 35.5. The van der Waals surface area contributed by atoms with Crippen LogP contribution in [0.2, 0.25) is 0 Å². The summed E-state index contributed by atoms with van der Waals surface area (Å²) in [6.07, 6.45) is 0. The first-order chi connectivity index (χ1) is 11.1. The number of hydrogen-bond acceptors (Lipinski definition) is 4. The molecule has 2 rings (SSSR count). The SMILES string of the molecule is CCOC(=O)C1=C(CCl)NC(=O)NC1c1ccccc1OCC. The van der Waals surface area contributed by atoms with Gasteiger partial charge in [-0.3, -0.25) is 0 Å². The van der Waals surface area contributed by atoms with Gasteiger partial charge in [0, 0.05) is 11.3 Å². The Bertz CT molecular complexity index is 630. The smallest absolute Gasteiger partial charge is 0.338 e. The zero-order valence-corrected chi connectivity index (χ0v) is 13.8. The van der Waals surface area contributed by atoms with E-state index in [1.54, 1.807) is 19.1 Å². The minimum absolute atomic E-state index is 0.00509. The highest BCUT2D eigenvalue weighted by Crippen LogP contribution is 2.33. The predicted octanol–water partition coefficient (Wildman–Crippen LogP) is 2.50. The van der Waals surface area contributed by atoms with Crippen molar-refractivity contribution in [3.8, 4) is 5.75 Å². The fraction of sp³-hybridized carbons (Fsp3) is 0.375. The molecule has 0 spiro atoms. The van der Waals surface area contributed by atoms with E-state index in [4.69, 9.17) is 21.1 Å². The van der Waals surface area contributed by atoms with Crippen LogP contribution >= 0.6 is 11.6 Å². The van der Waals surface area contributed by atoms with E-state index in [0.29, 0.717) is 23.6 Å². The minimum atomic E-state index is -0.681. The van der Waals surface area contributed by atoms with Gasteiger partial charge in [-0.05, 0) is 19.9 Å². The number of carbonyl (C=O) groups is 2. The lowest BCUT2D eigenvalue weighted by molar-refractivity contribution is -0.139. The van der Waals surface area contributed by atoms with Gasteiger partial charge < -0.3 is 20.1 Å². The number of rotatable bonds is 6. The molecular formula is C16H19ClN2O4. The number of alkyl halides is 1. The van der Waals surface area contributed by atoms with Gasteiger partial charge in [0.25, 0.3) is 0 Å². The topological polar surface area (TPSA) is 76.7 Å². The quantitative estimate of drug-likeness (QED) is 0.617. The van der Waals surface area contributed by atoms with E-state index in [1.807, 2.05) is 19.1 Å². The van der Waals surface area contributed by atoms with Crippen LogP contribution in [0.25, 0.3) is 0 Å². The van der Waals surface area contributed by atoms with E-state index in [-0.39, 0.29) is 18.1 Å². The summed E-state index contributed by atoms with van der Waals surface area (Å²) in [5, 5.41) is 5.30. The first-order valence-corrected chi connectivity index (χ1v) is 7.91. The fourth-order valence-electron chi connectivity index (χ4n) is 2.41. The number of allylic oxidation sites excluding steroid dienone is 1. The number of nitrogens with one attached hydrogen (secondary N) is 2. The van der Waals surface area contributed by atoms with E-state index in [1.165, 1.54) is 0 Å². The van der Waals surface area contributed by atoms with Crippen molar-refractivity contribution >= 4 is 23.6 Å². The molecule has 2 N–H and O–H groups in total. The molecule has 1 heterocycles. The Balaban J connectivity index is 2.53. The monoisotopic (exact) mass is 338 g/mol. The third-order valence-corrected chi connectivity index (χ3v) is 3.58. The van der Waals surface area contributed by atoms with E-state index in [2.05, 4.69) is 10.6 Å². The summed E-state index contributed by atoms with van der Waals surface area (Å²) in [5.74, 6) is 0.0689. The highest BCUT2D eigenvalue weighted by Gasteiger charge is 2.34. The summed E-state index contributed by atoms with van der Waals surface area (Å²) >= 11 is 5.90. The van der Waals surface area contributed by atoms with Crippen LogP contribution in [0, 0.1) is 0 Å². The summed E-state index contributed by atoms with van der Waals surface area (Å²) in [4.78, 5) is 24.3. The van der Waals surface area contributed by atoms with Gasteiger partial charge in [0.1, 0.15) is 5.75 Å². The van der Waals surface area contributed by atoms with Crippen molar-refractivity contribution in [3.63, 3.8) is 0 Å². The maximum Gasteiger partial charge on any atom is 0.338 e. The Kier molecular flexibility index (Phi) is 5.87. The number of hydrogen-bond donors (Lipinski definition) is 2. The summed E-state index contributed by atoms with van der Waals surface area (Å²) < 4.78 is 10.7. The second-order valence-electron chi connectivity index (χ2n) is 4.75. The zero-order chi connectivity index (χ0) is 16.8. The number of benzene rings is 1. The van der Waals surface area contributed by atoms with Gasteiger partial charge in [0.2, 0.25) is 0 Å². The second kappa shape index (κ2) is 7.87. The Hall–Kier alpha value is -2.21. The molecule has 23 heavy (non-hydrogen) atoms. The molecule has 1 aliphatic rings. The summed E-state index contributed by atoms with van der Waals surface area (Å²) in [6, 6.07) is 6.12. The first kappa shape index (κ1) is 17.1. The van der Waals surface area contributed by atoms with Crippen LogP contribution in [-0.2, 0) is 9.53 Å². The highest BCUT2D eigenvalue weighted by molar-refractivity contribution is 6.20.